The van der Waals surface area contributed by atoms with Crippen molar-refractivity contribution in [3.63, 3.8) is 0 Å². The topological polar surface area (TPSA) is 87.7 Å². The van der Waals surface area contributed by atoms with Gasteiger partial charge >= 0.3 is 5.97 Å². The van der Waals surface area contributed by atoms with Crippen LogP contribution in [0.5, 0.6) is 5.75 Å². The Balaban J connectivity index is 2.52. The maximum Gasteiger partial charge on any atom is 0.372 e. The molecule has 0 unspecified atom stereocenters. The molecule has 0 atom stereocenters. The van der Waals surface area contributed by atoms with Gasteiger partial charge in [-0.25, -0.2) is 4.79 Å². The zero-order valence-corrected chi connectivity index (χ0v) is 9.29. The third kappa shape index (κ3) is 2.24. The van der Waals surface area contributed by atoms with E-state index >= 15 is 0 Å². The minimum atomic E-state index is -1.34. The van der Waals surface area contributed by atoms with Crippen molar-refractivity contribution in [3.05, 3.63) is 63.7 Å². The SMILES string of the molecule is O=C(O)c1occ(O)c(=O)c1Cc1ccccc1. The van der Waals surface area contributed by atoms with E-state index in [1.54, 1.807) is 24.3 Å². The lowest BCUT2D eigenvalue weighted by Crippen LogP contribution is -2.15. The van der Waals surface area contributed by atoms with Crippen LogP contribution in [0.15, 0.2) is 45.8 Å². The molecule has 2 rings (SSSR count). The lowest BCUT2D eigenvalue weighted by molar-refractivity contribution is 0.0657. The van der Waals surface area contributed by atoms with E-state index in [0.29, 0.717) is 0 Å². The summed E-state index contributed by atoms with van der Waals surface area (Å²) in [5.41, 5.74) is -0.0193. The Hall–Kier alpha value is -2.56. The Labute approximate surface area is 102 Å². The van der Waals surface area contributed by atoms with Crippen LogP contribution in [0.4, 0.5) is 0 Å². The summed E-state index contributed by atoms with van der Waals surface area (Å²) in [5.74, 6) is -2.37. The van der Waals surface area contributed by atoms with Gasteiger partial charge in [-0.2, -0.15) is 0 Å². The lowest BCUT2D eigenvalue weighted by atomic mass is 10.0. The average Bonchev–Trinajstić information content (AvgIpc) is 2.36. The van der Waals surface area contributed by atoms with Crippen LogP contribution in [0.1, 0.15) is 21.7 Å². The van der Waals surface area contributed by atoms with Crippen LogP contribution < -0.4 is 5.43 Å². The van der Waals surface area contributed by atoms with Crippen LogP contribution in [0, 0.1) is 0 Å². The summed E-state index contributed by atoms with van der Waals surface area (Å²) in [4.78, 5) is 22.7. The summed E-state index contributed by atoms with van der Waals surface area (Å²) < 4.78 is 4.75. The van der Waals surface area contributed by atoms with E-state index in [0.717, 1.165) is 11.8 Å². The van der Waals surface area contributed by atoms with Crippen LogP contribution >= 0.6 is 0 Å². The predicted molar refractivity (Wildman–Crippen MR) is 62.9 cm³/mol. The van der Waals surface area contributed by atoms with Crippen molar-refractivity contribution in [2.24, 2.45) is 0 Å². The van der Waals surface area contributed by atoms with Gasteiger partial charge in [-0.05, 0) is 5.56 Å². The first-order valence-corrected chi connectivity index (χ1v) is 5.20. The highest BCUT2D eigenvalue weighted by Gasteiger charge is 2.19. The van der Waals surface area contributed by atoms with E-state index in [2.05, 4.69) is 0 Å². The van der Waals surface area contributed by atoms with Crippen molar-refractivity contribution in [3.8, 4) is 5.75 Å². The second-order valence-corrected chi connectivity index (χ2v) is 3.73. The van der Waals surface area contributed by atoms with Gasteiger partial charge in [-0.3, -0.25) is 4.79 Å². The number of carboxylic acids is 1. The number of hydrogen-bond donors (Lipinski definition) is 2. The van der Waals surface area contributed by atoms with Gasteiger partial charge in [-0.15, -0.1) is 0 Å². The Morgan fingerprint density at radius 3 is 2.50 bits per heavy atom. The smallest absolute Gasteiger partial charge is 0.372 e. The zero-order chi connectivity index (χ0) is 13.1. The predicted octanol–water partition coefficient (Wildman–Crippen LogP) is 1.63. The highest BCUT2D eigenvalue weighted by Crippen LogP contribution is 2.14. The summed E-state index contributed by atoms with van der Waals surface area (Å²) in [5, 5.41) is 18.2. The minimum Gasteiger partial charge on any atom is -0.502 e. The van der Waals surface area contributed by atoms with Gasteiger partial charge in [0.15, 0.2) is 5.75 Å². The first kappa shape index (κ1) is 11.9. The van der Waals surface area contributed by atoms with Crippen LogP contribution in [-0.4, -0.2) is 16.2 Å². The standard InChI is InChI=1S/C13H10O5/c14-10-7-18-12(13(16)17)9(11(10)15)6-8-4-2-1-3-5-8/h1-5,7,14H,6H2,(H,16,17). The van der Waals surface area contributed by atoms with Crippen LogP contribution in [0.2, 0.25) is 0 Å². The second kappa shape index (κ2) is 4.75. The highest BCUT2D eigenvalue weighted by atomic mass is 16.4. The molecule has 0 radical (unpaired) electrons. The molecule has 18 heavy (non-hydrogen) atoms. The van der Waals surface area contributed by atoms with Gasteiger partial charge in [0.05, 0.1) is 5.56 Å². The minimum absolute atomic E-state index is 0.0614. The van der Waals surface area contributed by atoms with E-state index in [1.807, 2.05) is 6.07 Å². The van der Waals surface area contributed by atoms with E-state index in [-0.39, 0.29) is 12.0 Å². The molecule has 0 saturated carbocycles. The van der Waals surface area contributed by atoms with Gasteiger partial charge in [0.1, 0.15) is 6.26 Å². The van der Waals surface area contributed by atoms with Crippen molar-refractivity contribution < 1.29 is 19.4 Å². The Morgan fingerprint density at radius 2 is 1.89 bits per heavy atom. The molecule has 2 N–H and O–H groups in total. The van der Waals surface area contributed by atoms with Crippen molar-refractivity contribution in [2.45, 2.75) is 6.42 Å². The molecule has 5 heteroatoms. The molecular formula is C13H10O5. The molecule has 1 aromatic carbocycles. The summed E-state index contributed by atoms with van der Waals surface area (Å²) >= 11 is 0. The van der Waals surface area contributed by atoms with Gasteiger partial charge < -0.3 is 14.6 Å². The molecule has 0 saturated heterocycles. The maximum absolute atomic E-state index is 11.7. The molecule has 1 heterocycles. The first-order chi connectivity index (χ1) is 8.59. The Morgan fingerprint density at radius 1 is 1.22 bits per heavy atom. The van der Waals surface area contributed by atoms with Crippen LogP contribution in [-0.2, 0) is 6.42 Å². The molecule has 0 fully saturated rings. The third-order valence-electron chi connectivity index (χ3n) is 2.49. The Bertz CT molecular complexity index is 628. The number of hydrogen-bond acceptors (Lipinski definition) is 4. The summed E-state index contributed by atoms with van der Waals surface area (Å²) in [6.45, 7) is 0. The van der Waals surface area contributed by atoms with E-state index in [9.17, 15) is 14.7 Å². The van der Waals surface area contributed by atoms with Crippen molar-refractivity contribution in [2.75, 3.05) is 0 Å². The molecule has 0 amide bonds. The van der Waals surface area contributed by atoms with Gasteiger partial charge in [-0.1, -0.05) is 30.3 Å². The fourth-order valence-electron chi connectivity index (χ4n) is 1.64. The number of aromatic hydroxyl groups is 1. The molecule has 2 aromatic rings. The molecule has 0 bridgehead atoms. The summed E-state index contributed by atoms with van der Waals surface area (Å²) in [6.07, 6.45) is 0.833. The highest BCUT2D eigenvalue weighted by molar-refractivity contribution is 5.86. The van der Waals surface area contributed by atoms with Gasteiger partial charge in [0.2, 0.25) is 11.2 Å². The molecule has 1 aromatic heterocycles. The first-order valence-electron chi connectivity index (χ1n) is 5.20. The molecule has 0 aliphatic carbocycles. The normalized spacial score (nSPS) is 10.2. The van der Waals surface area contributed by atoms with Gasteiger partial charge in [0.25, 0.3) is 0 Å². The average molecular weight is 246 g/mol. The quantitative estimate of drug-likeness (QED) is 0.859. The number of carboxylic acid groups (broad SMARTS) is 1. The number of rotatable bonds is 3. The fourth-order valence-corrected chi connectivity index (χ4v) is 1.64. The second-order valence-electron chi connectivity index (χ2n) is 3.73. The van der Waals surface area contributed by atoms with Gasteiger partial charge in [0, 0.05) is 6.42 Å². The fraction of sp³-hybridized carbons (Fsp3) is 0.0769. The van der Waals surface area contributed by atoms with E-state index < -0.39 is 22.9 Å². The lowest BCUT2D eigenvalue weighted by Gasteiger charge is -2.04. The molecule has 0 aliphatic heterocycles. The van der Waals surface area contributed by atoms with Crippen LogP contribution in [0.3, 0.4) is 0 Å². The zero-order valence-electron chi connectivity index (χ0n) is 9.29. The summed E-state index contributed by atoms with van der Waals surface area (Å²) in [6, 6.07) is 8.89. The largest absolute Gasteiger partial charge is 0.502 e. The van der Waals surface area contributed by atoms with Crippen LogP contribution in [0.25, 0.3) is 0 Å². The molecule has 0 aliphatic rings. The monoisotopic (exact) mass is 246 g/mol. The van der Waals surface area contributed by atoms with E-state index in [1.165, 1.54) is 0 Å². The molecule has 5 nitrogen and oxygen atoms in total. The van der Waals surface area contributed by atoms with E-state index in [4.69, 9.17) is 9.52 Å². The molecular weight excluding hydrogens is 236 g/mol. The number of aromatic carboxylic acids is 1. The Kier molecular flexibility index (Phi) is 3.14. The van der Waals surface area contributed by atoms with Crippen molar-refractivity contribution >= 4 is 5.97 Å². The number of benzene rings is 1. The molecule has 92 valence electrons. The number of carbonyl (C=O) groups is 1. The molecule has 0 spiro atoms. The van der Waals surface area contributed by atoms with Crippen molar-refractivity contribution in [1.29, 1.82) is 0 Å². The summed E-state index contributed by atoms with van der Waals surface area (Å²) in [7, 11) is 0. The van der Waals surface area contributed by atoms with Crippen molar-refractivity contribution in [1.82, 2.24) is 0 Å². The maximum atomic E-state index is 11.7. The third-order valence-corrected chi connectivity index (χ3v) is 2.49.